The number of nitrogens with zero attached hydrogens (tertiary/aromatic N) is 1. The normalized spacial score (nSPS) is 8.80. The molecule has 0 aromatic carbocycles. The van der Waals surface area contributed by atoms with Gasteiger partial charge in [0.2, 0.25) is 0 Å². The van der Waals surface area contributed by atoms with Gasteiger partial charge in [0.25, 0.3) is 0 Å². The number of rotatable bonds is 2. The Morgan fingerprint density at radius 3 is 3.00 bits per heavy atom. The Bertz CT molecular complexity index is 241. The fraction of sp³-hybridized carbons (Fsp3) is 0. The van der Waals surface area contributed by atoms with Crippen LogP contribution >= 0.6 is 0 Å². The van der Waals surface area contributed by atoms with Crippen molar-refractivity contribution < 1.29 is 4.79 Å². The summed E-state index contributed by atoms with van der Waals surface area (Å²) in [6.07, 6.45) is 3.98. The molecule has 0 saturated carbocycles. The van der Waals surface area contributed by atoms with Crippen LogP contribution in [0.15, 0.2) is 31.1 Å². The van der Waals surface area contributed by atoms with Gasteiger partial charge in [0.05, 0.1) is 0 Å². The highest BCUT2D eigenvalue weighted by atomic mass is 16.1. The maximum absolute atomic E-state index is 10.2. The second-order valence-electron chi connectivity index (χ2n) is 1.88. The highest BCUT2D eigenvalue weighted by molar-refractivity contribution is 6.05. The van der Waals surface area contributed by atoms with Crippen LogP contribution in [0.1, 0.15) is 5.56 Å². The third-order valence-corrected chi connectivity index (χ3v) is 1.17. The van der Waals surface area contributed by atoms with Crippen LogP contribution in [0.3, 0.4) is 0 Å². The third kappa shape index (κ3) is 1.29. The van der Waals surface area contributed by atoms with Crippen molar-refractivity contribution >= 4 is 11.9 Å². The first kappa shape index (κ1) is 6.68. The molecule has 0 unspecified atom stereocenters. The molecular weight excluding hydrogens is 126 g/mol. The average molecular weight is 133 g/mol. The Kier molecular flexibility index (Phi) is 1.95. The lowest BCUT2D eigenvalue weighted by Gasteiger charge is -1.93. The predicted octanol–water partition coefficient (Wildman–Crippen LogP) is 1.29. The van der Waals surface area contributed by atoms with Crippen LogP contribution in [0.25, 0.3) is 5.57 Å². The van der Waals surface area contributed by atoms with Crippen LogP contribution < -0.4 is 0 Å². The van der Waals surface area contributed by atoms with Gasteiger partial charge in [0.1, 0.15) is 6.29 Å². The number of aldehydes is 1. The fourth-order valence-corrected chi connectivity index (χ4v) is 0.621. The van der Waals surface area contributed by atoms with Gasteiger partial charge in [-0.1, -0.05) is 12.6 Å². The predicted molar refractivity (Wildman–Crippen MR) is 39.3 cm³/mol. The van der Waals surface area contributed by atoms with Gasteiger partial charge < -0.3 is 0 Å². The highest BCUT2D eigenvalue weighted by Crippen LogP contribution is 2.05. The van der Waals surface area contributed by atoms with Gasteiger partial charge in [-0.3, -0.25) is 9.78 Å². The van der Waals surface area contributed by atoms with Crippen molar-refractivity contribution in [2.24, 2.45) is 0 Å². The molecule has 1 aromatic rings. The molecule has 0 bridgehead atoms. The molecule has 0 aliphatic heterocycles. The van der Waals surface area contributed by atoms with Crippen molar-refractivity contribution in [3.63, 3.8) is 0 Å². The van der Waals surface area contributed by atoms with E-state index < -0.39 is 0 Å². The largest absolute Gasteiger partial charge is 0.298 e. The molecule has 0 spiro atoms. The summed E-state index contributed by atoms with van der Waals surface area (Å²) in [6.45, 7) is 3.54. The summed E-state index contributed by atoms with van der Waals surface area (Å²) in [5.41, 5.74) is 1.24. The summed E-state index contributed by atoms with van der Waals surface area (Å²) in [5, 5.41) is 0. The third-order valence-electron chi connectivity index (χ3n) is 1.17. The molecule has 1 heterocycles. The van der Waals surface area contributed by atoms with Gasteiger partial charge in [0.15, 0.2) is 0 Å². The summed E-state index contributed by atoms with van der Waals surface area (Å²) < 4.78 is 0. The summed E-state index contributed by atoms with van der Waals surface area (Å²) in [7, 11) is 0. The second-order valence-corrected chi connectivity index (χ2v) is 1.88. The lowest BCUT2D eigenvalue weighted by molar-refractivity contribution is -0.103. The number of carbonyl (C=O) groups excluding carboxylic acids is 1. The van der Waals surface area contributed by atoms with Crippen LogP contribution in [0, 0.1) is 0 Å². The highest BCUT2D eigenvalue weighted by Gasteiger charge is 1.93. The van der Waals surface area contributed by atoms with Crippen molar-refractivity contribution in [3.05, 3.63) is 36.7 Å². The topological polar surface area (TPSA) is 30.0 Å². The molecule has 0 N–H and O–H groups in total. The quantitative estimate of drug-likeness (QED) is 0.449. The van der Waals surface area contributed by atoms with E-state index in [9.17, 15) is 4.79 Å². The number of hydrogen-bond donors (Lipinski definition) is 0. The summed E-state index contributed by atoms with van der Waals surface area (Å²) in [6, 6.07) is 3.56. The molecule has 50 valence electrons. The molecule has 1 rings (SSSR count). The molecule has 2 nitrogen and oxygen atoms in total. The van der Waals surface area contributed by atoms with E-state index in [2.05, 4.69) is 11.6 Å². The maximum Gasteiger partial charge on any atom is 0.150 e. The van der Waals surface area contributed by atoms with Gasteiger partial charge in [0, 0.05) is 23.5 Å². The van der Waals surface area contributed by atoms with Crippen LogP contribution in [0.4, 0.5) is 0 Å². The minimum Gasteiger partial charge on any atom is -0.298 e. The zero-order valence-electron chi connectivity index (χ0n) is 5.45. The van der Waals surface area contributed by atoms with E-state index in [1.165, 1.54) is 0 Å². The monoisotopic (exact) mass is 133 g/mol. The molecule has 1 aromatic heterocycles. The van der Waals surface area contributed by atoms with Crippen LogP contribution in [0.2, 0.25) is 0 Å². The van der Waals surface area contributed by atoms with Crippen LogP contribution in [0.5, 0.6) is 0 Å². The van der Waals surface area contributed by atoms with Crippen molar-refractivity contribution in [2.75, 3.05) is 0 Å². The second kappa shape index (κ2) is 2.92. The summed E-state index contributed by atoms with van der Waals surface area (Å²) >= 11 is 0. The number of carbonyl (C=O) groups is 1. The Balaban J connectivity index is 2.95. The summed E-state index contributed by atoms with van der Waals surface area (Å²) in [4.78, 5) is 14.0. The number of allylic oxidation sites excluding steroid dienone is 1. The minimum atomic E-state index is 0.466. The molecular formula is C8H7NO. The van der Waals surface area contributed by atoms with Crippen molar-refractivity contribution in [3.8, 4) is 0 Å². The average Bonchev–Trinajstić information content (AvgIpc) is 2.05. The molecule has 0 saturated heterocycles. The lowest BCUT2D eigenvalue weighted by atomic mass is 10.1. The first-order chi connectivity index (χ1) is 4.84. The summed E-state index contributed by atoms with van der Waals surface area (Å²) in [5.74, 6) is 0. The van der Waals surface area contributed by atoms with Crippen LogP contribution in [-0.4, -0.2) is 11.3 Å². The standard InChI is InChI=1S/C8H7NO/c1-7(6-10)8-3-2-4-9-5-8/h2-6H,1H2. The number of aromatic nitrogens is 1. The lowest BCUT2D eigenvalue weighted by Crippen LogP contribution is -1.82. The molecule has 10 heavy (non-hydrogen) atoms. The van der Waals surface area contributed by atoms with Gasteiger partial charge >= 0.3 is 0 Å². The zero-order valence-corrected chi connectivity index (χ0v) is 5.45. The molecule has 0 amide bonds. The van der Waals surface area contributed by atoms with E-state index in [1.54, 1.807) is 24.5 Å². The fourth-order valence-electron chi connectivity index (χ4n) is 0.621. The van der Waals surface area contributed by atoms with Gasteiger partial charge in [-0.15, -0.1) is 0 Å². The Hall–Kier alpha value is -1.44. The van der Waals surface area contributed by atoms with Gasteiger partial charge in [-0.2, -0.15) is 0 Å². The molecule has 0 aliphatic carbocycles. The molecule has 0 fully saturated rings. The molecule has 0 aliphatic rings. The Labute approximate surface area is 59.2 Å². The molecule has 0 atom stereocenters. The Morgan fingerprint density at radius 1 is 1.70 bits per heavy atom. The first-order valence-electron chi connectivity index (χ1n) is 2.89. The Morgan fingerprint density at radius 2 is 2.50 bits per heavy atom. The van der Waals surface area contributed by atoms with E-state index >= 15 is 0 Å². The zero-order chi connectivity index (χ0) is 7.40. The van der Waals surface area contributed by atoms with Crippen molar-refractivity contribution in [2.45, 2.75) is 0 Å². The van der Waals surface area contributed by atoms with E-state index in [4.69, 9.17) is 0 Å². The number of pyridine rings is 1. The smallest absolute Gasteiger partial charge is 0.150 e. The SMILES string of the molecule is C=C(C=O)c1cccnc1. The van der Waals surface area contributed by atoms with E-state index in [0.717, 1.165) is 11.8 Å². The molecule has 2 heteroatoms. The molecule has 0 radical (unpaired) electrons. The van der Waals surface area contributed by atoms with Crippen molar-refractivity contribution in [1.29, 1.82) is 0 Å². The first-order valence-corrected chi connectivity index (χ1v) is 2.89. The number of hydrogen-bond acceptors (Lipinski definition) is 2. The van der Waals surface area contributed by atoms with Crippen LogP contribution in [-0.2, 0) is 4.79 Å². The minimum absolute atomic E-state index is 0.466. The van der Waals surface area contributed by atoms with Gasteiger partial charge in [-0.05, 0) is 6.07 Å². The van der Waals surface area contributed by atoms with E-state index in [1.807, 2.05) is 0 Å². The van der Waals surface area contributed by atoms with E-state index in [0.29, 0.717) is 5.57 Å². The van der Waals surface area contributed by atoms with Gasteiger partial charge in [-0.25, -0.2) is 0 Å². The van der Waals surface area contributed by atoms with Crippen molar-refractivity contribution in [1.82, 2.24) is 4.98 Å². The maximum atomic E-state index is 10.2. The van der Waals surface area contributed by atoms with E-state index in [-0.39, 0.29) is 0 Å².